The molecule has 3 heterocycles. The topological polar surface area (TPSA) is 51.9 Å². The summed E-state index contributed by atoms with van der Waals surface area (Å²) in [4.78, 5) is 22.2. The highest BCUT2D eigenvalue weighted by atomic mass is 16.2. The number of benzene rings is 2. The van der Waals surface area contributed by atoms with E-state index < -0.39 is 0 Å². The molecule has 26 heavy (non-hydrogen) atoms. The molecule has 0 atom stereocenters. The van der Waals surface area contributed by atoms with Crippen LogP contribution in [0, 0.1) is 0 Å². The Morgan fingerprint density at radius 2 is 1.31 bits per heavy atom. The van der Waals surface area contributed by atoms with Gasteiger partial charge in [0.2, 0.25) is 5.91 Å². The summed E-state index contributed by atoms with van der Waals surface area (Å²) in [5.74, 6) is -0.0857. The summed E-state index contributed by atoms with van der Waals surface area (Å²) in [5.41, 5.74) is 4.26. The number of hydrogen-bond donors (Lipinski definition) is 2. The van der Waals surface area contributed by atoms with Gasteiger partial charge in [-0.15, -0.1) is 0 Å². The molecule has 0 bridgehead atoms. The van der Waals surface area contributed by atoms with E-state index in [1.807, 2.05) is 41.6 Å². The Morgan fingerprint density at radius 3 is 1.85 bits per heavy atom. The highest BCUT2D eigenvalue weighted by Gasteiger charge is 2.32. The second-order valence-corrected chi connectivity index (χ2v) is 7.04. The van der Waals surface area contributed by atoms with Gasteiger partial charge in [-0.05, 0) is 36.1 Å². The van der Waals surface area contributed by atoms with Gasteiger partial charge in [-0.3, -0.25) is 4.79 Å². The number of nitrogens with one attached hydrogen (secondary N) is 2. The molecule has 1 amide bonds. The molecule has 5 rings (SSSR count). The highest BCUT2D eigenvalue weighted by Crippen LogP contribution is 2.36. The van der Waals surface area contributed by atoms with Gasteiger partial charge in [0.15, 0.2) is 0 Å². The minimum atomic E-state index is -0.291. The van der Waals surface area contributed by atoms with Gasteiger partial charge in [0.1, 0.15) is 0 Å². The molecule has 1 fully saturated rings. The molecule has 1 aliphatic heterocycles. The Hall–Kier alpha value is -3.01. The van der Waals surface area contributed by atoms with Gasteiger partial charge in [-0.2, -0.15) is 0 Å². The van der Waals surface area contributed by atoms with Crippen molar-refractivity contribution in [2.45, 2.75) is 18.8 Å². The molecule has 2 aromatic heterocycles. The minimum Gasteiger partial charge on any atom is -0.361 e. The smallest absolute Gasteiger partial charge is 0.234 e. The third-order valence-corrected chi connectivity index (χ3v) is 5.53. The van der Waals surface area contributed by atoms with Gasteiger partial charge >= 0.3 is 0 Å². The van der Waals surface area contributed by atoms with Crippen LogP contribution in [-0.2, 0) is 4.79 Å². The maximum atomic E-state index is 13.5. The van der Waals surface area contributed by atoms with Gasteiger partial charge < -0.3 is 14.9 Å². The minimum absolute atomic E-state index is 0.206. The van der Waals surface area contributed by atoms with Gasteiger partial charge in [0.05, 0.1) is 5.92 Å². The molecular weight excluding hydrogens is 322 g/mol. The van der Waals surface area contributed by atoms with E-state index in [-0.39, 0.29) is 11.8 Å². The fourth-order valence-electron chi connectivity index (χ4n) is 4.22. The Labute approximate surface area is 151 Å². The van der Waals surface area contributed by atoms with Crippen LogP contribution in [-0.4, -0.2) is 33.9 Å². The first kappa shape index (κ1) is 15.3. The van der Waals surface area contributed by atoms with Crippen molar-refractivity contribution in [1.82, 2.24) is 14.9 Å². The summed E-state index contributed by atoms with van der Waals surface area (Å²) < 4.78 is 0. The fraction of sp³-hybridized carbons (Fsp3) is 0.227. The van der Waals surface area contributed by atoms with E-state index in [2.05, 4.69) is 34.2 Å². The molecule has 4 nitrogen and oxygen atoms in total. The van der Waals surface area contributed by atoms with E-state index in [4.69, 9.17) is 0 Å². The lowest BCUT2D eigenvalue weighted by atomic mass is 9.89. The number of hydrogen-bond acceptors (Lipinski definition) is 1. The van der Waals surface area contributed by atoms with Gasteiger partial charge in [0, 0.05) is 47.3 Å². The SMILES string of the molecule is O=C(C(c1c[nH]c2ccccc12)c1c[nH]c2ccccc12)N1CCCC1. The van der Waals surface area contributed by atoms with Crippen molar-refractivity contribution in [1.29, 1.82) is 0 Å². The molecule has 0 unspecified atom stereocenters. The Morgan fingerprint density at radius 1 is 0.808 bits per heavy atom. The van der Waals surface area contributed by atoms with Gasteiger partial charge in [-0.25, -0.2) is 0 Å². The van der Waals surface area contributed by atoms with E-state index in [9.17, 15) is 4.79 Å². The normalized spacial score (nSPS) is 14.7. The predicted molar refractivity (Wildman–Crippen MR) is 104 cm³/mol. The van der Waals surface area contributed by atoms with Crippen molar-refractivity contribution in [3.63, 3.8) is 0 Å². The number of aromatic nitrogens is 2. The zero-order valence-corrected chi connectivity index (χ0v) is 14.5. The van der Waals surface area contributed by atoms with Crippen LogP contribution >= 0.6 is 0 Å². The number of rotatable bonds is 3. The van der Waals surface area contributed by atoms with Gasteiger partial charge in [-0.1, -0.05) is 36.4 Å². The first-order valence-electron chi connectivity index (χ1n) is 9.24. The second kappa shape index (κ2) is 6.06. The zero-order chi connectivity index (χ0) is 17.5. The lowest BCUT2D eigenvalue weighted by molar-refractivity contribution is -0.130. The number of carbonyl (C=O) groups is 1. The summed E-state index contributed by atoms with van der Waals surface area (Å²) in [5, 5.41) is 2.24. The van der Waals surface area contributed by atoms with Crippen LogP contribution in [0.25, 0.3) is 21.8 Å². The monoisotopic (exact) mass is 343 g/mol. The van der Waals surface area contributed by atoms with Crippen LogP contribution in [0.4, 0.5) is 0 Å². The standard InChI is InChI=1S/C22H21N3O/c26-22(25-11-5-6-12-25)21(17-13-23-19-9-3-1-7-15(17)19)18-14-24-20-10-4-2-8-16(18)20/h1-4,7-10,13-14,21,23-24H,5-6,11-12H2. The first-order chi connectivity index (χ1) is 12.8. The van der Waals surface area contributed by atoms with Crippen molar-refractivity contribution >= 4 is 27.7 Å². The Bertz CT molecular complexity index is 1010. The lowest BCUT2D eigenvalue weighted by Crippen LogP contribution is -2.33. The molecule has 0 radical (unpaired) electrons. The van der Waals surface area contributed by atoms with Crippen molar-refractivity contribution in [3.05, 3.63) is 72.1 Å². The maximum Gasteiger partial charge on any atom is 0.234 e. The number of para-hydroxylation sites is 2. The lowest BCUT2D eigenvalue weighted by Gasteiger charge is -2.23. The van der Waals surface area contributed by atoms with Crippen LogP contribution in [0.5, 0.6) is 0 Å². The summed E-state index contributed by atoms with van der Waals surface area (Å²) >= 11 is 0. The Kier molecular flexibility index (Phi) is 3.56. The van der Waals surface area contributed by atoms with Gasteiger partial charge in [0.25, 0.3) is 0 Å². The van der Waals surface area contributed by atoms with Crippen LogP contribution in [0.3, 0.4) is 0 Å². The van der Waals surface area contributed by atoms with E-state index >= 15 is 0 Å². The molecule has 4 aromatic rings. The number of likely N-dealkylation sites (tertiary alicyclic amines) is 1. The molecule has 2 N–H and O–H groups in total. The number of aromatic amines is 2. The second-order valence-electron chi connectivity index (χ2n) is 7.04. The highest BCUT2D eigenvalue weighted by molar-refractivity contribution is 5.98. The number of fused-ring (bicyclic) bond motifs is 2. The number of H-pyrrole nitrogens is 2. The molecule has 1 saturated heterocycles. The molecular formula is C22H21N3O. The molecule has 0 aliphatic carbocycles. The fourth-order valence-corrected chi connectivity index (χ4v) is 4.22. The van der Waals surface area contributed by atoms with Crippen molar-refractivity contribution in [3.8, 4) is 0 Å². The van der Waals surface area contributed by atoms with Crippen LogP contribution < -0.4 is 0 Å². The molecule has 4 heteroatoms. The van der Waals surface area contributed by atoms with E-state index in [0.29, 0.717) is 0 Å². The van der Waals surface area contributed by atoms with E-state index in [0.717, 1.165) is 58.9 Å². The third-order valence-electron chi connectivity index (χ3n) is 5.53. The summed E-state index contributed by atoms with van der Waals surface area (Å²) in [7, 11) is 0. The number of carbonyl (C=O) groups excluding carboxylic acids is 1. The molecule has 0 spiro atoms. The zero-order valence-electron chi connectivity index (χ0n) is 14.5. The van der Waals surface area contributed by atoms with Crippen LogP contribution in [0.1, 0.15) is 29.9 Å². The van der Waals surface area contributed by atoms with E-state index in [1.54, 1.807) is 0 Å². The maximum absolute atomic E-state index is 13.5. The van der Waals surface area contributed by atoms with Crippen molar-refractivity contribution in [2.75, 3.05) is 13.1 Å². The summed E-state index contributed by atoms with van der Waals surface area (Å²) in [6, 6.07) is 16.4. The average molecular weight is 343 g/mol. The largest absolute Gasteiger partial charge is 0.361 e. The van der Waals surface area contributed by atoms with Crippen molar-refractivity contribution in [2.24, 2.45) is 0 Å². The summed E-state index contributed by atoms with van der Waals surface area (Å²) in [6.07, 6.45) is 6.20. The van der Waals surface area contributed by atoms with Crippen molar-refractivity contribution < 1.29 is 4.79 Å². The Balaban J connectivity index is 1.71. The number of amides is 1. The quantitative estimate of drug-likeness (QED) is 0.569. The average Bonchev–Trinajstić information content (AvgIpc) is 3.43. The predicted octanol–water partition coefficient (Wildman–Crippen LogP) is 4.40. The number of nitrogens with zero attached hydrogens (tertiary/aromatic N) is 1. The molecule has 0 saturated carbocycles. The molecule has 1 aliphatic rings. The summed E-state index contributed by atoms with van der Waals surface area (Å²) in [6.45, 7) is 1.72. The first-order valence-corrected chi connectivity index (χ1v) is 9.24. The van der Waals surface area contributed by atoms with Crippen LogP contribution in [0.15, 0.2) is 60.9 Å². The molecule has 2 aromatic carbocycles. The van der Waals surface area contributed by atoms with Crippen LogP contribution in [0.2, 0.25) is 0 Å². The van der Waals surface area contributed by atoms with E-state index in [1.165, 1.54) is 0 Å². The molecule has 130 valence electrons. The third kappa shape index (κ3) is 2.33.